The minimum atomic E-state index is -0.597. The van der Waals surface area contributed by atoms with Crippen LogP contribution in [0.5, 0.6) is 17.2 Å². The Balaban J connectivity index is 1.56. The van der Waals surface area contributed by atoms with Crippen LogP contribution in [0.4, 0.5) is 0 Å². The number of fused-ring (bicyclic) bond motifs is 1. The van der Waals surface area contributed by atoms with Crippen LogP contribution in [0.2, 0.25) is 0 Å². The highest BCUT2D eigenvalue weighted by Gasteiger charge is 2.19. The van der Waals surface area contributed by atoms with Crippen molar-refractivity contribution in [1.82, 2.24) is 4.98 Å². The van der Waals surface area contributed by atoms with Crippen molar-refractivity contribution in [2.24, 2.45) is 0 Å². The molecule has 1 N–H and O–H groups in total. The maximum atomic E-state index is 12.2. The number of carbonyl (C=O) groups is 1. The van der Waals surface area contributed by atoms with Gasteiger partial charge in [0.15, 0.2) is 11.4 Å². The average Bonchev–Trinajstić information content (AvgIpc) is 3.21. The predicted molar refractivity (Wildman–Crippen MR) is 118 cm³/mol. The summed E-state index contributed by atoms with van der Waals surface area (Å²) < 4.78 is 11.6. The molecule has 0 saturated heterocycles. The third kappa shape index (κ3) is 4.28. The molecule has 0 atom stereocenters. The minimum absolute atomic E-state index is 0.0430. The van der Waals surface area contributed by atoms with Crippen molar-refractivity contribution < 1.29 is 19.4 Å². The molecule has 0 aliphatic rings. The van der Waals surface area contributed by atoms with E-state index in [0.29, 0.717) is 11.3 Å². The Kier molecular flexibility index (Phi) is 5.95. The minimum Gasteiger partial charge on any atom is -0.504 e. The Bertz CT molecular complexity index is 1150. The van der Waals surface area contributed by atoms with Crippen molar-refractivity contribution in [2.45, 2.75) is 19.8 Å². The van der Waals surface area contributed by atoms with E-state index in [1.165, 1.54) is 11.3 Å². The second kappa shape index (κ2) is 8.97. The number of ether oxygens (including phenoxy) is 2. The zero-order valence-corrected chi connectivity index (χ0v) is 17.3. The molecular weight excluding hydrogens is 398 g/mol. The molecule has 2 heterocycles. The van der Waals surface area contributed by atoms with E-state index in [2.05, 4.69) is 4.98 Å². The molecule has 2 aromatic heterocycles. The largest absolute Gasteiger partial charge is 0.504 e. The molecule has 5 nitrogen and oxygen atoms in total. The van der Waals surface area contributed by atoms with Gasteiger partial charge in [-0.25, -0.2) is 9.78 Å². The third-order valence-electron chi connectivity index (χ3n) is 4.58. The van der Waals surface area contributed by atoms with Gasteiger partial charge in [0.25, 0.3) is 0 Å². The van der Waals surface area contributed by atoms with Crippen LogP contribution in [0.3, 0.4) is 0 Å². The molecule has 0 spiro atoms. The molecule has 0 unspecified atom stereocenters. The molecule has 152 valence electrons. The number of hydrogen-bond donors (Lipinski definition) is 1. The number of carbonyl (C=O) groups excluding carboxylic acids is 1. The third-order valence-corrected chi connectivity index (χ3v) is 5.78. The molecule has 0 radical (unpaired) electrons. The number of rotatable bonds is 7. The lowest BCUT2D eigenvalue weighted by atomic mass is 10.1. The fraction of sp³-hybridized carbons (Fsp3) is 0.167. The van der Waals surface area contributed by atoms with Crippen LogP contribution in [-0.4, -0.2) is 22.7 Å². The van der Waals surface area contributed by atoms with E-state index in [1.807, 2.05) is 67.6 Å². The maximum Gasteiger partial charge on any atom is 0.360 e. The van der Waals surface area contributed by atoms with Crippen LogP contribution < -0.4 is 4.74 Å². The van der Waals surface area contributed by atoms with E-state index in [0.717, 1.165) is 40.2 Å². The average molecular weight is 420 g/mol. The molecule has 0 aliphatic heterocycles. The molecule has 0 bridgehead atoms. The van der Waals surface area contributed by atoms with Crippen molar-refractivity contribution in [3.8, 4) is 27.7 Å². The smallest absolute Gasteiger partial charge is 0.360 e. The molecule has 0 aliphatic carbocycles. The quantitative estimate of drug-likeness (QED) is 0.277. The summed E-state index contributed by atoms with van der Waals surface area (Å²) >= 11 is 1.41. The highest BCUT2D eigenvalue weighted by molar-refractivity contribution is 7.22. The monoisotopic (exact) mass is 419 g/mol. The van der Waals surface area contributed by atoms with Crippen LogP contribution in [0.25, 0.3) is 20.5 Å². The molecule has 4 rings (SSSR count). The summed E-state index contributed by atoms with van der Waals surface area (Å²) in [6.07, 6.45) is 3.30. The summed E-state index contributed by atoms with van der Waals surface area (Å²) in [5.41, 5.74) is 0.946. The number of hydrogen-bond acceptors (Lipinski definition) is 6. The van der Waals surface area contributed by atoms with Gasteiger partial charge in [0.1, 0.15) is 11.5 Å². The first-order valence-electron chi connectivity index (χ1n) is 9.77. The van der Waals surface area contributed by atoms with Gasteiger partial charge in [0, 0.05) is 16.5 Å². The van der Waals surface area contributed by atoms with Gasteiger partial charge >= 0.3 is 5.97 Å². The molecule has 0 saturated carbocycles. The lowest BCUT2D eigenvalue weighted by Crippen LogP contribution is -2.08. The van der Waals surface area contributed by atoms with E-state index >= 15 is 0 Å². The second-order valence-corrected chi connectivity index (χ2v) is 7.83. The van der Waals surface area contributed by atoms with Crippen LogP contribution in [-0.2, 0) is 4.74 Å². The Morgan fingerprint density at radius 3 is 2.53 bits per heavy atom. The van der Waals surface area contributed by atoms with E-state index in [4.69, 9.17) is 9.47 Å². The van der Waals surface area contributed by atoms with Crippen LogP contribution >= 0.6 is 11.3 Å². The van der Waals surface area contributed by atoms with Crippen LogP contribution in [0, 0.1) is 0 Å². The Morgan fingerprint density at radius 2 is 1.80 bits per heavy atom. The zero-order valence-electron chi connectivity index (χ0n) is 16.5. The van der Waals surface area contributed by atoms with Crippen LogP contribution in [0.15, 0.2) is 66.9 Å². The standard InChI is InChI=1S/C24H21NO4S/c1-2-3-13-28-24(27)21-22(26)23-17(15-25-21)14-20(30-23)16-9-11-19(12-10-16)29-18-7-5-4-6-8-18/h4-12,14-15,26H,2-3,13H2,1H3. The van der Waals surface area contributed by atoms with Crippen molar-refractivity contribution in [3.05, 3.63) is 72.6 Å². The molecule has 6 heteroatoms. The number of unbranched alkanes of at least 4 members (excludes halogenated alkanes) is 1. The predicted octanol–water partition coefficient (Wildman–Crippen LogP) is 6.42. The van der Waals surface area contributed by atoms with Gasteiger partial charge in [-0.3, -0.25) is 0 Å². The highest BCUT2D eigenvalue weighted by Crippen LogP contribution is 2.39. The number of esters is 1. The van der Waals surface area contributed by atoms with E-state index in [-0.39, 0.29) is 11.4 Å². The van der Waals surface area contributed by atoms with Gasteiger partial charge in [-0.05, 0) is 54.4 Å². The number of aromatic nitrogens is 1. The topological polar surface area (TPSA) is 68.7 Å². The molecule has 2 aromatic carbocycles. The van der Waals surface area contributed by atoms with Crippen molar-refractivity contribution in [2.75, 3.05) is 6.61 Å². The highest BCUT2D eigenvalue weighted by atomic mass is 32.1. The SMILES string of the molecule is CCCCOC(=O)c1ncc2cc(-c3ccc(Oc4ccccc4)cc3)sc2c1O. The Labute approximate surface area is 178 Å². The van der Waals surface area contributed by atoms with Gasteiger partial charge in [0.05, 0.1) is 11.3 Å². The van der Waals surface area contributed by atoms with Gasteiger partial charge in [-0.2, -0.15) is 0 Å². The van der Waals surface area contributed by atoms with Gasteiger partial charge in [0.2, 0.25) is 0 Å². The van der Waals surface area contributed by atoms with Crippen molar-refractivity contribution in [1.29, 1.82) is 0 Å². The van der Waals surface area contributed by atoms with E-state index in [9.17, 15) is 9.90 Å². The number of aromatic hydroxyl groups is 1. The number of nitrogens with zero attached hydrogens (tertiary/aromatic N) is 1. The van der Waals surface area contributed by atoms with E-state index in [1.54, 1.807) is 6.20 Å². The zero-order chi connectivity index (χ0) is 20.9. The van der Waals surface area contributed by atoms with Crippen molar-refractivity contribution in [3.63, 3.8) is 0 Å². The summed E-state index contributed by atoms with van der Waals surface area (Å²) in [6.45, 7) is 2.34. The van der Waals surface area contributed by atoms with Gasteiger partial charge in [-0.15, -0.1) is 11.3 Å². The fourth-order valence-electron chi connectivity index (χ4n) is 2.97. The first-order chi connectivity index (χ1) is 14.7. The first kappa shape index (κ1) is 19.9. The lowest BCUT2D eigenvalue weighted by molar-refractivity contribution is 0.0489. The summed E-state index contributed by atoms with van der Waals surface area (Å²) in [4.78, 5) is 17.3. The molecule has 4 aromatic rings. The number of pyridine rings is 1. The fourth-order valence-corrected chi connectivity index (χ4v) is 4.05. The number of benzene rings is 2. The Morgan fingerprint density at radius 1 is 1.07 bits per heavy atom. The summed E-state index contributed by atoms with van der Waals surface area (Å²) in [7, 11) is 0. The first-order valence-corrected chi connectivity index (χ1v) is 10.6. The maximum absolute atomic E-state index is 12.2. The number of para-hydroxylation sites is 1. The van der Waals surface area contributed by atoms with Gasteiger partial charge in [-0.1, -0.05) is 31.5 Å². The second-order valence-electron chi connectivity index (χ2n) is 6.78. The molecule has 30 heavy (non-hydrogen) atoms. The molecule has 0 fully saturated rings. The van der Waals surface area contributed by atoms with E-state index < -0.39 is 5.97 Å². The van der Waals surface area contributed by atoms with Crippen LogP contribution in [0.1, 0.15) is 30.3 Å². The molecule has 0 amide bonds. The summed E-state index contributed by atoms with van der Waals surface area (Å²) in [5.74, 6) is 0.795. The summed E-state index contributed by atoms with van der Waals surface area (Å²) in [6, 6.07) is 19.3. The lowest BCUT2D eigenvalue weighted by Gasteiger charge is -2.06. The van der Waals surface area contributed by atoms with Gasteiger partial charge < -0.3 is 14.6 Å². The molecular formula is C24H21NO4S. The van der Waals surface area contributed by atoms with Crippen molar-refractivity contribution >= 4 is 27.4 Å². The summed E-state index contributed by atoms with van der Waals surface area (Å²) in [5, 5.41) is 11.4. The Hall–Kier alpha value is -3.38. The number of thiophene rings is 1. The normalized spacial score (nSPS) is 10.8.